The lowest BCUT2D eigenvalue weighted by molar-refractivity contribution is 0.0952. The number of nitrogens with one attached hydrogen (secondary N) is 1. The highest BCUT2D eigenvalue weighted by Crippen LogP contribution is 2.25. The molecule has 1 N–H and O–H groups in total. The maximum atomic E-state index is 12.0. The first-order valence-electron chi connectivity index (χ1n) is 6.63. The van der Waals surface area contributed by atoms with Gasteiger partial charge in [0.15, 0.2) is 0 Å². The monoisotopic (exact) mass is 344 g/mol. The molecule has 2 rings (SSSR count). The highest BCUT2D eigenvalue weighted by atomic mass is 79.9. The van der Waals surface area contributed by atoms with Gasteiger partial charge in [0.25, 0.3) is 5.91 Å². The van der Waals surface area contributed by atoms with Gasteiger partial charge in [-0.1, -0.05) is 17.7 Å². The van der Waals surface area contributed by atoms with E-state index in [1.54, 1.807) is 6.07 Å². The molecule has 0 spiro atoms. The van der Waals surface area contributed by atoms with Gasteiger partial charge in [0.1, 0.15) is 0 Å². The Morgan fingerprint density at radius 2 is 2.11 bits per heavy atom. The molecular formula is C14H18BrClN2O. The number of hydrogen-bond donors (Lipinski definition) is 1. The van der Waals surface area contributed by atoms with Crippen LogP contribution >= 0.6 is 27.5 Å². The van der Waals surface area contributed by atoms with Crippen molar-refractivity contribution in [1.82, 2.24) is 10.2 Å². The molecular weight excluding hydrogens is 328 g/mol. The molecule has 3 nitrogen and oxygen atoms in total. The molecule has 0 saturated carbocycles. The Kier molecular flexibility index (Phi) is 5.67. The highest BCUT2D eigenvalue weighted by Gasteiger charge is 2.13. The van der Waals surface area contributed by atoms with Crippen molar-refractivity contribution in [1.29, 1.82) is 0 Å². The van der Waals surface area contributed by atoms with Gasteiger partial charge in [-0.15, -0.1) is 0 Å². The smallest absolute Gasteiger partial charge is 0.252 e. The number of nitrogens with zero attached hydrogens (tertiary/aromatic N) is 1. The predicted octanol–water partition coefficient (Wildman–Crippen LogP) is 3.32. The second-order valence-corrected chi connectivity index (χ2v) is 5.99. The molecule has 1 aromatic rings. The summed E-state index contributed by atoms with van der Waals surface area (Å²) in [5, 5.41) is 3.39. The van der Waals surface area contributed by atoms with Crippen LogP contribution in [0.25, 0.3) is 0 Å². The first-order valence-corrected chi connectivity index (χ1v) is 7.80. The van der Waals surface area contributed by atoms with Crippen molar-refractivity contribution in [3.8, 4) is 0 Å². The van der Waals surface area contributed by atoms with Crippen molar-refractivity contribution < 1.29 is 4.79 Å². The fourth-order valence-electron chi connectivity index (χ4n) is 2.29. The van der Waals surface area contributed by atoms with E-state index in [-0.39, 0.29) is 5.91 Å². The molecule has 1 heterocycles. The number of carbonyl (C=O) groups is 1. The quantitative estimate of drug-likeness (QED) is 0.830. The predicted molar refractivity (Wildman–Crippen MR) is 81.8 cm³/mol. The summed E-state index contributed by atoms with van der Waals surface area (Å²) in [6, 6.07) is 5.38. The average molecular weight is 346 g/mol. The fourth-order valence-corrected chi connectivity index (χ4v) is 2.86. The van der Waals surface area contributed by atoms with E-state index in [9.17, 15) is 4.79 Å². The van der Waals surface area contributed by atoms with Crippen molar-refractivity contribution in [2.45, 2.75) is 19.3 Å². The third kappa shape index (κ3) is 4.20. The maximum Gasteiger partial charge on any atom is 0.252 e. The van der Waals surface area contributed by atoms with Crippen LogP contribution in [0.4, 0.5) is 0 Å². The number of hydrogen-bond acceptors (Lipinski definition) is 2. The minimum atomic E-state index is -0.104. The Labute approximate surface area is 127 Å². The Balaban J connectivity index is 1.76. The van der Waals surface area contributed by atoms with Crippen molar-refractivity contribution in [3.05, 3.63) is 33.3 Å². The van der Waals surface area contributed by atoms with Crippen LogP contribution in [0.5, 0.6) is 0 Å². The molecule has 1 aromatic carbocycles. The third-order valence-electron chi connectivity index (χ3n) is 3.33. The zero-order chi connectivity index (χ0) is 13.7. The summed E-state index contributed by atoms with van der Waals surface area (Å²) in [6.45, 7) is 4.15. The van der Waals surface area contributed by atoms with Crippen LogP contribution in [0.2, 0.25) is 5.02 Å². The highest BCUT2D eigenvalue weighted by molar-refractivity contribution is 9.10. The van der Waals surface area contributed by atoms with E-state index in [0.29, 0.717) is 17.1 Å². The van der Waals surface area contributed by atoms with Gasteiger partial charge < -0.3 is 10.2 Å². The van der Waals surface area contributed by atoms with E-state index in [0.717, 1.165) is 17.4 Å². The second kappa shape index (κ2) is 7.27. The van der Waals surface area contributed by atoms with Gasteiger partial charge >= 0.3 is 0 Å². The third-order valence-corrected chi connectivity index (χ3v) is 4.63. The maximum absolute atomic E-state index is 12.0. The summed E-state index contributed by atoms with van der Waals surface area (Å²) >= 11 is 9.41. The summed E-state index contributed by atoms with van der Waals surface area (Å²) in [5.41, 5.74) is 0.525. The molecule has 1 aliphatic heterocycles. The van der Waals surface area contributed by atoms with Crippen LogP contribution in [0.15, 0.2) is 22.7 Å². The zero-order valence-corrected chi connectivity index (χ0v) is 13.1. The normalized spacial score (nSPS) is 15.7. The first kappa shape index (κ1) is 14.8. The van der Waals surface area contributed by atoms with E-state index in [1.165, 1.54) is 25.9 Å². The number of benzene rings is 1. The molecule has 0 bridgehead atoms. The second-order valence-electron chi connectivity index (χ2n) is 4.76. The summed E-state index contributed by atoms with van der Waals surface area (Å²) in [5.74, 6) is -0.104. The minimum absolute atomic E-state index is 0.104. The van der Waals surface area contributed by atoms with Gasteiger partial charge in [-0.2, -0.15) is 0 Å². The van der Waals surface area contributed by atoms with Gasteiger partial charge in [-0.05, 0) is 67.0 Å². The van der Waals surface area contributed by atoms with Crippen molar-refractivity contribution in [2.75, 3.05) is 26.2 Å². The van der Waals surface area contributed by atoms with Crippen molar-refractivity contribution in [3.63, 3.8) is 0 Å². The van der Waals surface area contributed by atoms with Gasteiger partial charge in [-0.3, -0.25) is 4.79 Å². The number of amides is 1. The number of rotatable bonds is 5. The van der Waals surface area contributed by atoms with Gasteiger partial charge in [0, 0.05) is 11.0 Å². The van der Waals surface area contributed by atoms with Crippen LogP contribution in [-0.4, -0.2) is 37.0 Å². The Bertz CT molecular complexity index is 447. The van der Waals surface area contributed by atoms with E-state index >= 15 is 0 Å². The van der Waals surface area contributed by atoms with Crippen LogP contribution < -0.4 is 5.32 Å². The largest absolute Gasteiger partial charge is 0.352 e. The SMILES string of the molecule is O=C(NCCCN1CCCC1)c1cccc(Br)c1Cl. The molecule has 1 fully saturated rings. The summed E-state index contributed by atoms with van der Waals surface area (Å²) < 4.78 is 0.749. The number of halogens is 2. The molecule has 5 heteroatoms. The first-order chi connectivity index (χ1) is 9.18. The molecule has 0 atom stereocenters. The Morgan fingerprint density at radius 3 is 2.84 bits per heavy atom. The molecule has 1 amide bonds. The van der Waals surface area contributed by atoms with Crippen molar-refractivity contribution in [2.24, 2.45) is 0 Å². The van der Waals surface area contributed by atoms with Gasteiger partial charge in [-0.25, -0.2) is 0 Å². The lowest BCUT2D eigenvalue weighted by Crippen LogP contribution is -2.28. The topological polar surface area (TPSA) is 32.3 Å². The van der Waals surface area contributed by atoms with Crippen LogP contribution in [0.3, 0.4) is 0 Å². The Morgan fingerprint density at radius 1 is 1.37 bits per heavy atom. The average Bonchev–Trinajstić information content (AvgIpc) is 2.91. The van der Waals surface area contributed by atoms with E-state index in [4.69, 9.17) is 11.6 Å². The van der Waals surface area contributed by atoms with Crippen LogP contribution in [0, 0.1) is 0 Å². The lowest BCUT2D eigenvalue weighted by Gasteiger charge is -2.14. The fraction of sp³-hybridized carbons (Fsp3) is 0.500. The van der Waals surface area contributed by atoms with E-state index < -0.39 is 0 Å². The minimum Gasteiger partial charge on any atom is -0.352 e. The molecule has 1 saturated heterocycles. The summed E-state index contributed by atoms with van der Waals surface area (Å²) in [7, 11) is 0. The van der Waals surface area contributed by atoms with Gasteiger partial charge in [0.2, 0.25) is 0 Å². The van der Waals surface area contributed by atoms with Crippen LogP contribution in [-0.2, 0) is 0 Å². The van der Waals surface area contributed by atoms with Crippen LogP contribution in [0.1, 0.15) is 29.6 Å². The molecule has 0 aliphatic carbocycles. The molecule has 19 heavy (non-hydrogen) atoms. The lowest BCUT2D eigenvalue weighted by atomic mass is 10.2. The zero-order valence-electron chi connectivity index (χ0n) is 10.8. The standard InChI is InChI=1S/C14H18BrClN2O/c15-12-6-3-5-11(13(12)16)14(19)17-7-4-10-18-8-1-2-9-18/h3,5-6H,1-2,4,7-10H2,(H,17,19). The summed E-state index contributed by atoms with van der Waals surface area (Å²) in [6.07, 6.45) is 3.59. The molecule has 104 valence electrons. The molecule has 1 aliphatic rings. The number of carbonyl (C=O) groups excluding carboxylic acids is 1. The molecule has 0 radical (unpaired) electrons. The number of likely N-dealkylation sites (tertiary alicyclic amines) is 1. The Hall–Kier alpha value is -0.580. The molecule has 0 unspecified atom stereocenters. The van der Waals surface area contributed by atoms with Crippen molar-refractivity contribution >= 4 is 33.4 Å². The van der Waals surface area contributed by atoms with E-state index in [1.807, 2.05) is 12.1 Å². The molecule has 0 aromatic heterocycles. The van der Waals surface area contributed by atoms with Gasteiger partial charge in [0.05, 0.1) is 10.6 Å². The summed E-state index contributed by atoms with van der Waals surface area (Å²) in [4.78, 5) is 14.4. The van der Waals surface area contributed by atoms with E-state index in [2.05, 4.69) is 26.1 Å².